The molecule has 104 valence electrons. The fourth-order valence-electron chi connectivity index (χ4n) is 2.57. The molecule has 3 nitrogen and oxygen atoms in total. The zero-order chi connectivity index (χ0) is 14.3. The Kier molecular flexibility index (Phi) is 3.48. The van der Waals surface area contributed by atoms with Crippen molar-refractivity contribution in [1.82, 2.24) is 4.72 Å². The molecule has 1 N–H and O–H groups in total. The molecule has 19 heavy (non-hydrogen) atoms. The van der Waals surface area contributed by atoms with Gasteiger partial charge in [-0.1, -0.05) is 40.3 Å². The number of carbonyl (C=O) groups excluding carboxylic acids is 1. The minimum atomic E-state index is -2.73. The van der Waals surface area contributed by atoms with Gasteiger partial charge in [-0.25, -0.2) is 0 Å². The van der Waals surface area contributed by atoms with E-state index in [-0.39, 0.29) is 11.3 Å². The number of Topliss-reactive ketones (excluding diaryl/α,β-unsaturated/α-hetero) is 1. The third kappa shape index (κ3) is 2.82. The summed E-state index contributed by atoms with van der Waals surface area (Å²) in [5, 5.41) is 0. The highest BCUT2D eigenvalue weighted by Gasteiger charge is 2.57. The van der Waals surface area contributed by atoms with Crippen LogP contribution in [0.25, 0.3) is 0 Å². The molecule has 1 aromatic carbocycles. The van der Waals surface area contributed by atoms with Crippen LogP contribution in [0.5, 0.6) is 0 Å². The SMILES string of the molecule is B[SH](=O)(NC(C)(C)C)C1(C(=O)c2ccccc2)CC1. The molecule has 0 spiro atoms. The van der Waals surface area contributed by atoms with Gasteiger partial charge in [0, 0.05) is 11.1 Å². The quantitative estimate of drug-likeness (QED) is 0.495. The molecule has 5 heteroatoms. The van der Waals surface area contributed by atoms with E-state index >= 15 is 0 Å². The molecule has 1 fully saturated rings. The van der Waals surface area contributed by atoms with Crippen LogP contribution in [0.1, 0.15) is 44.0 Å². The number of hydrogen-bond acceptors (Lipinski definition) is 2. The number of thiol groups is 1. The fraction of sp³-hybridized carbons (Fsp3) is 0.500. The minimum absolute atomic E-state index is 0.0238. The third-order valence-corrected chi connectivity index (χ3v) is 6.93. The Morgan fingerprint density at radius 1 is 1.26 bits per heavy atom. The molecule has 0 heterocycles. The minimum Gasteiger partial charge on any atom is -0.293 e. The maximum Gasteiger partial charge on any atom is 0.205 e. The zero-order valence-electron chi connectivity index (χ0n) is 12.1. The molecular formula is C14H22BNO2S. The third-order valence-electron chi connectivity index (χ3n) is 3.55. The van der Waals surface area contributed by atoms with Crippen molar-refractivity contribution >= 4 is 22.9 Å². The number of hydrogen-bond donors (Lipinski definition) is 2. The van der Waals surface area contributed by atoms with Gasteiger partial charge in [-0.3, -0.25) is 13.7 Å². The van der Waals surface area contributed by atoms with Crippen LogP contribution >= 0.6 is 0 Å². The van der Waals surface area contributed by atoms with Crippen LogP contribution in [0.2, 0.25) is 0 Å². The summed E-state index contributed by atoms with van der Waals surface area (Å²) in [7, 11) is -1.01. The van der Waals surface area contributed by atoms with E-state index in [9.17, 15) is 9.00 Å². The van der Waals surface area contributed by atoms with E-state index in [0.717, 1.165) is 12.8 Å². The Bertz CT molecular complexity index is 532. The van der Waals surface area contributed by atoms with Crippen LogP contribution in [0.15, 0.2) is 30.3 Å². The Balaban J connectivity index is 2.29. The molecule has 0 bridgehead atoms. The smallest absolute Gasteiger partial charge is 0.205 e. The molecule has 1 saturated carbocycles. The summed E-state index contributed by atoms with van der Waals surface area (Å²) in [6, 6.07) is 9.19. The van der Waals surface area contributed by atoms with Crippen molar-refractivity contribution in [3.8, 4) is 0 Å². The van der Waals surface area contributed by atoms with Crippen molar-refractivity contribution < 1.29 is 9.00 Å². The average molecular weight is 279 g/mol. The zero-order valence-corrected chi connectivity index (χ0v) is 13.0. The summed E-state index contributed by atoms with van der Waals surface area (Å²) in [4.78, 5) is 12.6. The molecular weight excluding hydrogens is 257 g/mol. The van der Waals surface area contributed by atoms with Crippen molar-refractivity contribution in [2.75, 3.05) is 0 Å². The van der Waals surface area contributed by atoms with Gasteiger partial charge in [-0.15, -0.1) is 0 Å². The summed E-state index contributed by atoms with van der Waals surface area (Å²) in [5.41, 5.74) is 0.411. The first-order valence-corrected chi connectivity index (χ1v) is 8.80. The summed E-state index contributed by atoms with van der Waals surface area (Å²) < 4.78 is 15.5. The molecule has 1 aliphatic rings. The van der Waals surface area contributed by atoms with Crippen LogP contribution in [-0.2, 0) is 9.97 Å². The van der Waals surface area contributed by atoms with E-state index in [2.05, 4.69) is 4.72 Å². The maximum absolute atomic E-state index is 13.0. The number of nitrogens with one attached hydrogen (secondary N) is 1. The second-order valence-corrected chi connectivity index (χ2v) is 9.44. The summed E-state index contributed by atoms with van der Waals surface area (Å²) >= 11 is 0. The monoisotopic (exact) mass is 279 g/mol. The van der Waals surface area contributed by atoms with E-state index in [1.54, 1.807) is 19.3 Å². The molecule has 0 saturated heterocycles. The lowest BCUT2D eigenvalue weighted by Gasteiger charge is -2.36. The highest BCUT2D eigenvalue weighted by Crippen LogP contribution is 2.48. The van der Waals surface area contributed by atoms with E-state index in [4.69, 9.17) is 0 Å². The Hall–Kier alpha value is -0.935. The van der Waals surface area contributed by atoms with Gasteiger partial charge >= 0.3 is 0 Å². The predicted molar refractivity (Wildman–Crippen MR) is 83.7 cm³/mol. The largest absolute Gasteiger partial charge is 0.293 e. The molecule has 1 aromatic rings. The van der Waals surface area contributed by atoms with E-state index < -0.39 is 14.7 Å². The van der Waals surface area contributed by atoms with Crippen LogP contribution in [0.3, 0.4) is 0 Å². The van der Waals surface area contributed by atoms with Crippen LogP contribution in [0.4, 0.5) is 0 Å². The van der Waals surface area contributed by atoms with Crippen molar-refractivity contribution in [2.45, 2.75) is 43.9 Å². The number of benzene rings is 1. The lowest BCUT2D eigenvalue weighted by atomic mass is 10.1. The maximum atomic E-state index is 13.0. The second kappa shape index (κ2) is 4.56. The molecule has 0 aromatic heterocycles. The normalized spacial score (nSPS) is 18.9. The van der Waals surface area contributed by atoms with Crippen LogP contribution < -0.4 is 4.72 Å². The van der Waals surface area contributed by atoms with Gasteiger partial charge in [0.05, 0.1) is 4.75 Å². The number of carbonyl (C=O) groups is 1. The molecule has 0 unspecified atom stereocenters. The first-order valence-electron chi connectivity index (χ1n) is 6.65. The van der Waals surface area contributed by atoms with Crippen molar-refractivity contribution in [3.05, 3.63) is 35.9 Å². The van der Waals surface area contributed by atoms with Gasteiger partial charge in [0.25, 0.3) is 0 Å². The van der Waals surface area contributed by atoms with Gasteiger partial charge in [-0.2, -0.15) is 0 Å². The summed E-state index contributed by atoms with van der Waals surface area (Å²) in [6.07, 6.45) is 1.44. The summed E-state index contributed by atoms with van der Waals surface area (Å²) in [5.74, 6) is 0.0238. The van der Waals surface area contributed by atoms with E-state index in [1.165, 1.54) is 0 Å². The topological polar surface area (TPSA) is 46.2 Å². The van der Waals surface area contributed by atoms with Gasteiger partial charge < -0.3 is 0 Å². The van der Waals surface area contributed by atoms with Crippen molar-refractivity contribution in [3.63, 3.8) is 0 Å². The fourth-order valence-corrected chi connectivity index (χ4v) is 5.55. The van der Waals surface area contributed by atoms with E-state index in [0.29, 0.717) is 5.56 Å². The molecule has 0 amide bonds. The predicted octanol–water partition coefficient (Wildman–Crippen LogP) is 1.27. The van der Waals surface area contributed by atoms with Crippen LogP contribution in [0, 0.1) is 0 Å². The van der Waals surface area contributed by atoms with Gasteiger partial charge in [-0.05, 0) is 33.6 Å². The van der Waals surface area contributed by atoms with Crippen LogP contribution in [-0.4, -0.2) is 27.4 Å². The Morgan fingerprint density at radius 2 is 1.79 bits per heavy atom. The number of ketones is 1. The molecule has 2 rings (SSSR count). The highest BCUT2D eigenvalue weighted by molar-refractivity contribution is 8.22. The summed E-state index contributed by atoms with van der Waals surface area (Å²) in [6.45, 7) is 5.94. The molecule has 1 aliphatic carbocycles. The first kappa shape index (κ1) is 14.5. The second-order valence-electron chi connectivity index (χ2n) is 6.51. The molecule has 0 aliphatic heterocycles. The average Bonchev–Trinajstić information content (AvgIpc) is 3.07. The van der Waals surface area contributed by atoms with Gasteiger partial charge in [0.2, 0.25) is 7.12 Å². The lowest BCUT2D eigenvalue weighted by molar-refractivity contribution is 0.0979. The highest BCUT2D eigenvalue weighted by atomic mass is 32.2. The lowest BCUT2D eigenvalue weighted by Crippen LogP contribution is -2.54. The molecule has 0 radical (unpaired) electrons. The van der Waals surface area contributed by atoms with Gasteiger partial charge in [0.1, 0.15) is 0 Å². The number of rotatable bonds is 4. The Labute approximate surface area is 117 Å². The van der Waals surface area contributed by atoms with E-state index in [1.807, 2.05) is 39.0 Å². The molecule has 0 atom stereocenters. The van der Waals surface area contributed by atoms with Crippen molar-refractivity contribution in [1.29, 1.82) is 0 Å². The Morgan fingerprint density at radius 3 is 2.21 bits per heavy atom. The van der Waals surface area contributed by atoms with Gasteiger partial charge in [0.15, 0.2) is 5.78 Å². The first-order chi connectivity index (χ1) is 8.68. The standard InChI is InChI=1S/C14H22BNO2S/c1-13(2,3)16-19(15,18)14(9-10-14)12(17)11-7-5-4-6-8-11/h4-8,19H,9-10,15H2,1-3H3,(H,16,18). The van der Waals surface area contributed by atoms with Crippen molar-refractivity contribution in [2.24, 2.45) is 0 Å².